The maximum absolute atomic E-state index is 14.2. The number of phenolic OH excluding ortho intramolecular Hbond substituents is 1. The molecular formula is C32H36N2O5S. The van der Waals surface area contributed by atoms with Gasteiger partial charge in [0, 0.05) is 19.1 Å². The summed E-state index contributed by atoms with van der Waals surface area (Å²) in [6.45, 7) is 12.2. The van der Waals surface area contributed by atoms with Gasteiger partial charge in [0.2, 0.25) is 11.2 Å². The first-order valence-corrected chi connectivity index (χ1v) is 15.0. The zero-order chi connectivity index (χ0) is 28.4. The molecule has 2 aromatic heterocycles. The van der Waals surface area contributed by atoms with Crippen molar-refractivity contribution in [3.8, 4) is 16.3 Å². The average Bonchev–Trinajstić information content (AvgIpc) is 3.42. The van der Waals surface area contributed by atoms with Crippen LogP contribution in [0.25, 0.3) is 31.8 Å². The van der Waals surface area contributed by atoms with Crippen LogP contribution in [-0.2, 0) is 17.7 Å². The molecular weight excluding hydrogens is 524 g/mol. The van der Waals surface area contributed by atoms with Gasteiger partial charge < -0.3 is 14.3 Å². The Kier molecular flexibility index (Phi) is 6.54. The monoisotopic (exact) mass is 560 g/mol. The van der Waals surface area contributed by atoms with Crippen LogP contribution in [0.1, 0.15) is 75.6 Å². The van der Waals surface area contributed by atoms with E-state index in [1.54, 1.807) is 13.0 Å². The highest BCUT2D eigenvalue weighted by Crippen LogP contribution is 2.53. The molecule has 2 bridgehead atoms. The summed E-state index contributed by atoms with van der Waals surface area (Å²) < 4.78 is 12.6. The number of hydrogen-bond acceptors (Lipinski definition) is 8. The lowest BCUT2D eigenvalue weighted by Gasteiger charge is -2.40. The molecule has 40 heavy (non-hydrogen) atoms. The van der Waals surface area contributed by atoms with Crippen molar-refractivity contribution in [2.75, 3.05) is 13.2 Å². The Morgan fingerprint density at radius 1 is 1.23 bits per heavy atom. The van der Waals surface area contributed by atoms with E-state index >= 15 is 0 Å². The van der Waals surface area contributed by atoms with Crippen molar-refractivity contribution < 1.29 is 19.1 Å². The molecule has 2 fully saturated rings. The van der Waals surface area contributed by atoms with Gasteiger partial charge in [-0.3, -0.25) is 9.69 Å². The third-order valence-electron chi connectivity index (χ3n) is 8.56. The van der Waals surface area contributed by atoms with E-state index < -0.39 is 5.97 Å². The number of benzene rings is 2. The van der Waals surface area contributed by atoms with Crippen LogP contribution < -0.4 is 5.43 Å². The largest absolute Gasteiger partial charge is 0.507 e. The van der Waals surface area contributed by atoms with Crippen LogP contribution in [0.4, 0.5) is 0 Å². The molecule has 2 aromatic carbocycles. The van der Waals surface area contributed by atoms with Crippen LogP contribution in [0.2, 0.25) is 0 Å². The van der Waals surface area contributed by atoms with Crippen LogP contribution in [0.5, 0.6) is 5.75 Å². The molecule has 7 nitrogen and oxygen atoms in total. The number of carbonyl (C=O) groups is 1. The van der Waals surface area contributed by atoms with Crippen molar-refractivity contribution in [1.82, 2.24) is 9.88 Å². The Hall–Kier alpha value is -3.23. The van der Waals surface area contributed by atoms with E-state index in [1.807, 2.05) is 31.2 Å². The Labute approximate surface area is 237 Å². The molecule has 2 aliphatic rings. The first-order chi connectivity index (χ1) is 19.0. The van der Waals surface area contributed by atoms with Crippen molar-refractivity contribution in [1.29, 1.82) is 0 Å². The van der Waals surface area contributed by atoms with Gasteiger partial charge in [0.25, 0.3) is 0 Å². The Morgan fingerprint density at radius 2 is 2.00 bits per heavy atom. The van der Waals surface area contributed by atoms with Crippen LogP contribution >= 0.6 is 11.3 Å². The number of para-hydroxylation sites is 1. The highest BCUT2D eigenvalue weighted by atomic mass is 32.1. The summed E-state index contributed by atoms with van der Waals surface area (Å²) in [5, 5.41) is 12.2. The first-order valence-electron chi connectivity index (χ1n) is 14.1. The topological polar surface area (TPSA) is 92.9 Å². The fraction of sp³-hybridized carbons (Fsp3) is 0.469. The molecule has 1 saturated carbocycles. The standard InChI is InChI=1S/C32H36N2O5S/c1-6-18-12-20-26(36)24(29-33-22-10-8-9-11-23(22)40-29)28(30(37)38-7-2)39-27(20)21(25(18)35)15-34-17-32(5)14-19(34)13-31(3,4)16-32/h8-12,19,35H,6-7,13-17H2,1-5H3/t19-,32-/m0/s1. The molecule has 1 aliphatic carbocycles. The number of hydrogen-bond donors (Lipinski definition) is 1. The predicted molar refractivity (Wildman–Crippen MR) is 158 cm³/mol. The molecule has 0 unspecified atom stereocenters. The van der Waals surface area contributed by atoms with Crippen molar-refractivity contribution in [2.45, 2.75) is 72.9 Å². The van der Waals surface area contributed by atoms with Crippen LogP contribution in [-0.4, -0.2) is 40.2 Å². The SMILES string of the molecule is CCOC(=O)c1oc2c(CN3C[C@@]4(C)C[C@@H]3CC(C)(C)C4)c(O)c(CC)cc2c(=O)c1-c1nc2ccccc2s1. The second-order valence-corrected chi connectivity index (χ2v) is 13.6. The van der Waals surface area contributed by atoms with Gasteiger partial charge in [-0.25, -0.2) is 9.78 Å². The van der Waals surface area contributed by atoms with Crippen molar-refractivity contribution in [3.63, 3.8) is 0 Å². The number of aryl methyl sites for hydroxylation is 1. The molecule has 2 atom stereocenters. The van der Waals surface area contributed by atoms with E-state index in [0.717, 1.165) is 36.0 Å². The molecule has 0 spiro atoms. The number of rotatable bonds is 6. The second-order valence-electron chi connectivity index (χ2n) is 12.6. The fourth-order valence-corrected chi connectivity index (χ4v) is 8.35. The van der Waals surface area contributed by atoms with E-state index in [4.69, 9.17) is 9.15 Å². The van der Waals surface area contributed by atoms with Gasteiger partial charge in [0.1, 0.15) is 21.9 Å². The molecule has 210 valence electrons. The van der Waals surface area contributed by atoms with Gasteiger partial charge in [0.05, 0.1) is 27.8 Å². The summed E-state index contributed by atoms with van der Waals surface area (Å²) in [4.78, 5) is 34.5. The highest BCUT2D eigenvalue weighted by Gasteiger charge is 2.49. The second kappa shape index (κ2) is 9.70. The first kappa shape index (κ1) is 27.0. The van der Waals surface area contributed by atoms with Crippen LogP contribution in [0.15, 0.2) is 39.5 Å². The van der Waals surface area contributed by atoms with E-state index in [0.29, 0.717) is 40.5 Å². The maximum Gasteiger partial charge on any atom is 0.375 e. The Morgan fingerprint density at radius 3 is 2.73 bits per heavy atom. The number of aromatic hydroxyl groups is 1. The molecule has 0 radical (unpaired) electrons. The molecule has 8 heteroatoms. The van der Waals surface area contributed by atoms with E-state index in [9.17, 15) is 14.7 Å². The summed E-state index contributed by atoms with van der Waals surface area (Å²) >= 11 is 1.34. The number of esters is 1. The fourth-order valence-electron chi connectivity index (χ4n) is 7.34. The molecule has 1 saturated heterocycles. The quantitative estimate of drug-likeness (QED) is 0.256. The van der Waals surface area contributed by atoms with Gasteiger partial charge in [-0.1, -0.05) is 39.8 Å². The van der Waals surface area contributed by atoms with Crippen molar-refractivity contribution in [2.24, 2.45) is 10.8 Å². The maximum atomic E-state index is 14.2. The molecule has 0 amide bonds. The van der Waals surface area contributed by atoms with Crippen molar-refractivity contribution in [3.05, 3.63) is 57.4 Å². The molecule has 6 rings (SSSR count). The zero-order valence-electron chi connectivity index (χ0n) is 23.8. The lowest BCUT2D eigenvalue weighted by atomic mass is 9.65. The summed E-state index contributed by atoms with van der Waals surface area (Å²) in [5.41, 5.74) is 2.45. The third kappa shape index (κ3) is 4.51. The Balaban J connectivity index is 1.56. The molecule has 4 aromatic rings. The van der Waals surface area contributed by atoms with Crippen LogP contribution in [0.3, 0.4) is 0 Å². The minimum Gasteiger partial charge on any atom is -0.507 e. The molecule has 3 heterocycles. The third-order valence-corrected chi connectivity index (χ3v) is 9.62. The number of likely N-dealkylation sites (tertiary alicyclic amines) is 1. The highest BCUT2D eigenvalue weighted by molar-refractivity contribution is 7.21. The van der Waals surface area contributed by atoms with Gasteiger partial charge in [0.15, 0.2) is 0 Å². The number of aromatic nitrogens is 1. The number of nitrogens with zero attached hydrogens (tertiary/aromatic N) is 2. The number of phenols is 1. The lowest BCUT2D eigenvalue weighted by Crippen LogP contribution is -2.34. The molecule has 1 N–H and O–H groups in total. The average molecular weight is 561 g/mol. The minimum absolute atomic E-state index is 0.108. The number of fused-ring (bicyclic) bond motifs is 4. The number of thiazole rings is 1. The summed E-state index contributed by atoms with van der Waals surface area (Å²) in [6.07, 6.45) is 3.90. The van der Waals surface area contributed by atoms with E-state index in [1.165, 1.54) is 11.3 Å². The molecule has 1 aliphatic heterocycles. The number of ether oxygens (including phenoxy) is 1. The summed E-state index contributed by atoms with van der Waals surface area (Å²) in [7, 11) is 0. The minimum atomic E-state index is -0.716. The summed E-state index contributed by atoms with van der Waals surface area (Å²) in [6, 6.07) is 9.70. The van der Waals surface area contributed by atoms with Gasteiger partial charge >= 0.3 is 5.97 Å². The van der Waals surface area contributed by atoms with Gasteiger partial charge in [-0.15, -0.1) is 11.3 Å². The van der Waals surface area contributed by atoms with Crippen LogP contribution in [0, 0.1) is 10.8 Å². The Bertz CT molecular complexity index is 1670. The smallest absolute Gasteiger partial charge is 0.375 e. The summed E-state index contributed by atoms with van der Waals surface area (Å²) in [5.74, 6) is -0.754. The van der Waals surface area contributed by atoms with Crippen molar-refractivity contribution >= 4 is 38.5 Å². The van der Waals surface area contributed by atoms with Gasteiger partial charge in [-0.2, -0.15) is 0 Å². The normalized spacial score (nSPS) is 22.3. The predicted octanol–water partition coefficient (Wildman–Crippen LogP) is 6.92. The van der Waals surface area contributed by atoms with E-state index in [-0.39, 0.29) is 45.5 Å². The van der Waals surface area contributed by atoms with E-state index in [2.05, 4.69) is 30.7 Å². The number of carbonyl (C=O) groups excluding carboxylic acids is 1. The zero-order valence-corrected chi connectivity index (χ0v) is 24.6. The van der Waals surface area contributed by atoms with Gasteiger partial charge in [-0.05, 0) is 67.2 Å². The lowest BCUT2D eigenvalue weighted by molar-refractivity contribution is 0.0491.